The quantitative estimate of drug-likeness (QED) is 0.925. The number of furan rings is 1. The summed E-state index contributed by atoms with van der Waals surface area (Å²) in [5, 5.41) is 3.25. The van der Waals surface area contributed by atoms with E-state index in [0.717, 1.165) is 29.1 Å². The SMILES string of the molecule is Cc1cc(C(=O)NC2CCCCC2C)c(C)n1Cc1ccco1. The Kier molecular flexibility index (Phi) is 4.60. The Morgan fingerprint density at radius 1 is 1.35 bits per heavy atom. The summed E-state index contributed by atoms with van der Waals surface area (Å²) in [4.78, 5) is 12.7. The van der Waals surface area contributed by atoms with Crippen LogP contribution in [-0.2, 0) is 6.54 Å². The van der Waals surface area contributed by atoms with Crippen molar-refractivity contribution in [1.82, 2.24) is 9.88 Å². The van der Waals surface area contributed by atoms with E-state index in [9.17, 15) is 4.79 Å². The molecule has 0 spiro atoms. The van der Waals surface area contributed by atoms with Gasteiger partial charge in [0.05, 0.1) is 18.4 Å². The average molecular weight is 314 g/mol. The maximum atomic E-state index is 12.7. The molecule has 2 atom stereocenters. The van der Waals surface area contributed by atoms with Crippen LogP contribution in [0.15, 0.2) is 28.9 Å². The van der Waals surface area contributed by atoms with Gasteiger partial charge in [0.25, 0.3) is 5.91 Å². The van der Waals surface area contributed by atoms with Gasteiger partial charge in [-0.15, -0.1) is 0 Å². The highest BCUT2D eigenvalue weighted by Gasteiger charge is 2.25. The molecular formula is C19H26N2O2. The minimum atomic E-state index is 0.0579. The standard InChI is InChI=1S/C19H26N2O2/c1-13-7-4-5-9-18(13)20-19(22)17-11-14(2)21(15(17)3)12-16-8-6-10-23-16/h6,8,10-11,13,18H,4-5,7,9,12H2,1-3H3,(H,20,22). The number of aromatic nitrogens is 1. The van der Waals surface area contributed by atoms with Gasteiger partial charge in [0, 0.05) is 17.4 Å². The molecule has 2 aromatic heterocycles. The van der Waals surface area contributed by atoms with E-state index in [-0.39, 0.29) is 5.91 Å². The fourth-order valence-electron chi connectivity index (χ4n) is 3.61. The molecule has 1 amide bonds. The number of hydrogen-bond acceptors (Lipinski definition) is 2. The minimum absolute atomic E-state index is 0.0579. The number of carbonyl (C=O) groups excluding carboxylic acids is 1. The second-order valence-electron chi connectivity index (χ2n) is 6.79. The molecule has 3 rings (SSSR count). The molecule has 4 heteroatoms. The smallest absolute Gasteiger partial charge is 0.253 e. The molecule has 1 N–H and O–H groups in total. The fraction of sp³-hybridized carbons (Fsp3) is 0.526. The molecule has 1 aliphatic rings. The van der Waals surface area contributed by atoms with Crippen molar-refractivity contribution < 1.29 is 9.21 Å². The Hall–Kier alpha value is -1.97. The van der Waals surface area contributed by atoms with E-state index in [1.54, 1.807) is 6.26 Å². The number of rotatable bonds is 4. The predicted octanol–water partition coefficient (Wildman–Crippen LogP) is 4.05. The minimum Gasteiger partial charge on any atom is -0.467 e. The molecule has 23 heavy (non-hydrogen) atoms. The van der Waals surface area contributed by atoms with Crippen molar-refractivity contribution in [1.29, 1.82) is 0 Å². The monoisotopic (exact) mass is 314 g/mol. The maximum absolute atomic E-state index is 12.7. The van der Waals surface area contributed by atoms with Crippen LogP contribution in [0, 0.1) is 19.8 Å². The second-order valence-corrected chi connectivity index (χ2v) is 6.79. The Morgan fingerprint density at radius 2 is 2.13 bits per heavy atom. The van der Waals surface area contributed by atoms with Gasteiger partial charge in [-0.05, 0) is 50.8 Å². The van der Waals surface area contributed by atoms with Crippen LogP contribution in [0.25, 0.3) is 0 Å². The van der Waals surface area contributed by atoms with Crippen LogP contribution in [0.3, 0.4) is 0 Å². The largest absolute Gasteiger partial charge is 0.467 e. The van der Waals surface area contributed by atoms with E-state index in [4.69, 9.17) is 4.42 Å². The van der Waals surface area contributed by atoms with Gasteiger partial charge in [0.1, 0.15) is 5.76 Å². The summed E-state index contributed by atoms with van der Waals surface area (Å²) >= 11 is 0. The number of amides is 1. The summed E-state index contributed by atoms with van der Waals surface area (Å²) in [5.41, 5.74) is 2.87. The second kappa shape index (κ2) is 6.65. The molecule has 0 bridgehead atoms. The van der Waals surface area contributed by atoms with Gasteiger partial charge in [0.2, 0.25) is 0 Å². The Balaban J connectivity index is 1.76. The van der Waals surface area contributed by atoms with Crippen LogP contribution in [-0.4, -0.2) is 16.5 Å². The highest BCUT2D eigenvalue weighted by Crippen LogP contribution is 2.25. The summed E-state index contributed by atoms with van der Waals surface area (Å²) in [6, 6.07) is 6.15. The molecule has 4 nitrogen and oxygen atoms in total. The Bertz CT molecular complexity index is 670. The van der Waals surface area contributed by atoms with Gasteiger partial charge in [-0.25, -0.2) is 0 Å². The van der Waals surface area contributed by atoms with Crippen molar-refractivity contribution in [2.75, 3.05) is 0 Å². The number of nitrogens with zero attached hydrogens (tertiary/aromatic N) is 1. The van der Waals surface area contributed by atoms with Crippen molar-refractivity contribution in [2.24, 2.45) is 5.92 Å². The van der Waals surface area contributed by atoms with Crippen molar-refractivity contribution in [3.05, 3.63) is 47.2 Å². The van der Waals surface area contributed by atoms with Crippen molar-refractivity contribution in [3.8, 4) is 0 Å². The molecule has 1 aliphatic carbocycles. The van der Waals surface area contributed by atoms with Gasteiger partial charge in [0.15, 0.2) is 0 Å². The summed E-state index contributed by atoms with van der Waals surface area (Å²) in [6.45, 7) is 6.95. The molecule has 0 aliphatic heterocycles. The zero-order valence-corrected chi connectivity index (χ0v) is 14.3. The van der Waals surface area contributed by atoms with Crippen molar-refractivity contribution in [3.63, 3.8) is 0 Å². The molecule has 0 saturated heterocycles. The number of carbonyl (C=O) groups is 1. The zero-order valence-electron chi connectivity index (χ0n) is 14.3. The number of hydrogen-bond donors (Lipinski definition) is 1. The van der Waals surface area contributed by atoms with Crippen LogP contribution in [0.1, 0.15) is 60.1 Å². The molecular weight excluding hydrogens is 288 g/mol. The fourth-order valence-corrected chi connectivity index (χ4v) is 3.61. The zero-order chi connectivity index (χ0) is 16.4. The number of aryl methyl sites for hydroxylation is 1. The third-order valence-electron chi connectivity index (χ3n) is 5.14. The van der Waals surface area contributed by atoms with Crippen molar-refractivity contribution in [2.45, 2.75) is 59.0 Å². The van der Waals surface area contributed by atoms with E-state index >= 15 is 0 Å². The Labute approximate surface area is 137 Å². The molecule has 2 aromatic rings. The van der Waals surface area contributed by atoms with Crippen LogP contribution >= 0.6 is 0 Å². The molecule has 2 heterocycles. The highest BCUT2D eigenvalue weighted by molar-refractivity contribution is 5.95. The summed E-state index contributed by atoms with van der Waals surface area (Å²) in [6.07, 6.45) is 6.49. The lowest BCUT2D eigenvalue weighted by atomic mass is 9.86. The molecule has 124 valence electrons. The lowest BCUT2D eigenvalue weighted by Crippen LogP contribution is -2.41. The predicted molar refractivity (Wildman–Crippen MR) is 90.6 cm³/mol. The lowest BCUT2D eigenvalue weighted by molar-refractivity contribution is 0.0909. The first-order valence-corrected chi connectivity index (χ1v) is 8.56. The Morgan fingerprint density at radius 3 is 2.83 bits per heavy atom. The first-order chi connectivity index (χ1) is 11.1. The average Bonchev–Trinajstić information content (AvgIpc) is 3.13. The summed E-state index contributed by atoms with van der Waals surface area (Å²) in [7, 11) is 0. The van der Waals surface area contributed by atoms with Gasteiger partial charge >= 0.3 is 0 Å². The highest BCUT2D eigenvalue weighted by atomic mass is 16.3. The molecule has 2 unspecified atom stereocenters. The van der Waals surface area contributed by atoms with E-state index in [0.29, 0.717) is 18.5 Å². The topological polar surface area (TPSA) is 47.2 Å². The third-order valence-corrected chi connectivity index (χ3v) is 5.14. The van der Waals surface area contributed by atoms with E-state index in [1.807, 2.05) is 32.0 Å². The lowest BCUT2D eigenvalue weighted by Gasteiger charge is -2.29. The van der Waals surface area contributed by atoms with Gasteiger partial charge < -0.3 is 14.3 Å². The van der Waals surface area contributed by atoms with Gasteiger partial charge in [-0.3, -0.25) is 4.79 Å². The van der Waals surface area contributed by atoms with Crippen LogP contribution in [0.2, 0.25) is 0 Å². The molecule has 0 radical (unpaired) electrons. The van der Waals surface area contributed by atoms with E-state index in [1.165, 1.54) is 19.3 Å². The molecule has 0 aromatic carbocycles. The summed E-state index contributed by atoms with van der Waals surface area (Å²) in [5.74, 6) is 1.53. The summed E-state index contributed by atoms with van der Waals surface area (Å²) < 4.78 is 7.57. The van der Waals surface area contributed by atoms with Gasteiger partial charge in [-0.2, -0.15) is 0 Å². The molecule has 1 saturated carbocycles. The number of nitrogens with one attached hydrogen (secondary N) is 1. The van der Waals surface area contributed by atoms with E-state index < -0.39 is 0 Å². The maximum Gasteiger partial charge on any atom is 0.253 e. The third kappa shape index (κ3) is 3.36. The van der Waals surface area contributed by atoms with Crippen LogP contribution in [0.4, 0.5) is 0 Å². The first-order valence-electron chi connectivity index (χ1n) is 8.56. The van der Waals surface area contributed by atoms with Crippen molar-refractivity contribution >= 4 is 5.91 Å². The van der Waals surface area contributed by atoms with Gasteiger partial charge in [-0.1, -0.05) is 19.8 Å². The first kappa shape index (κ1) is 15.9. The normalized spacial score (nSPS) is 21.3. The molecule has 1 fully saturated rings. The van der Waals surface area contributed by atoms with E-state index in [2.05, 4.69) is 16.8 Å². The van der Waals surface area contributed by atoms with Crippen LogP contribution in [0.5, 0.6) is 0 Å². The van der Waals surface area contributed by atoms with Crippen LogP contribution < -0.4 is 5.32 Å².